The zero-order chi connectivity index (χ0) is 14.7. The van der Waals surface area contributed by atoms with Gasteiger partial charge in [0.05, 0.1) is 14.2 Å². The monoisotopic (exact) mass is 345 g/mol. The molecule has 1 fully saturated rings. The van der Waals surface area contributed by atoms with Crippen LogP contribution in [0.15, 0.2) is 16.6 Å². The molecule has 1 saturated heterocycles. The first-order valence-electron chi connectivity index (χ1n) is 6.41. The van der Waals surface area contributed by atoms with E-state index in [4.69, 9.17) is 9.47 Å². The Morgan fingerprint density at radius 3 is 2.20 bits per heavy atom. The van der Waals surface area contributed by atoms with Crippen molar-refractivity contribution in [1.82, 2.24) is 4.90 Å². The second-order valence-electron chi connectivity index (χ2n) is 4.65. The number of carbonyl (C=O) groups excluding carboxylic acids is 1. The first-order valence-corrected chi connectivity index (χ1v) is 7.21. The molecule has 6 heteroatoms. The van der Waals surface area contributed by atoms with E-state index in [2.05, 4.69) is 15.9 Å². The number of benzene rings is 1. The second kappa shape index (κ2) is 6.43. The third kappa shape index (κ3) is 3.06. The molecule has 1 aromatic rings. The number of hydrogen-bond acceptors (Lipinski definition) is 3. The maximum Gasteiger partial charge on any atom is 0.261 e. The van der Waals surface area contributed by atoms with Crippen LogP contribution in [-0.4, -0.2) is 44.3 Å². The number of halogens is 2. The SMILES string of the molecule is COc1cc(Br)cc(OC)c1C(=O)N1CCC(F)CC1. The molecule has 1 aliphatic heterocycles. The fraction of sp³-hybridized carbons (Fsp3) is 0.500. The standard InChI is InChI=1S/C14H17BrFNO3/c1-19-11-7-9(15)8-12(20-2)13(11)14(18)17-5-3-10(16)4-6-17/h7-8,10H,3-6H2,1-2H3. The minimum absolute atomic E-state index is 0.182. The molecule has 0 atom stereocenters. The number of ether oxygens (including phenoxy) is 2. The molecule has 1 aliphatic rings. The third-order valence-electron chi connectivity index (χ3n) is 3.40. The first kappa shape index (κ1) is 15.1. The lowest BCUT2D eigenvalue weighted by Crippen LogP contribution is -2.39. The first-order chi connectivity index (χ1) is 9.56. The summed E-state index contributed by atoms with van der Waals surface area (Å²) in [6.45, 7) is 0.838. The van der Waals surface area contributed by atoms with Crippen molar-refractivity contribution >= 4 is 21.8 Å². The van der Waals surface area contributed by atoms with E-state index >= 15 is 0 Å². The van der Waals surface area contributed by atoms with E-state index in [1.165, 1.54) is 14.2 Å². The summed E-state index contributed by atoms with van der Waals surface area (Å²) in [5, 5.41) is 0. The Morgan fingerprint density at radius 1 is 1.25 bits per heavy atom. The average Bonchev–Trinajstić information content (AvgIpc) is 2.46. The van der Waals surface area contributed by atoms with Crippen LogP contribution in [-0.2, 0) is 0 Å². The van der Waals surface area contributed by atoms with Gasteiger partial charge in [-0.3, -0.25) is 4.79 Å². The molecule has 0 unspecified atom stereocenters. The van der Waals surface area contributed by atoms with Crippen LogP contribution in [0.4, 0.5) is 4.39 Å². The highest BCUT2D eigenvalue weighted by Crippen LogP contribution is 2.34. The molecule has 1 amide bonds. The molecule has 1 heterocycles. The van der Waals surface area contributed by atoms with Crippen molar-refractivity contribution in [3.05, 3.63) is 22.2 Å². The normalized spacial score (nSPS) is 16.1. The Balaban J connectivity index is 2.33. The number of methoxy groups -OCH3 is 2. The predicted octanol–water partition coefficient (Wildman–Crippen LogP) is 3.04. The Kier molecular flexibility index (Phi) is 4.86. The molecular formula is C14H17BrFNO3. The molecule has 0 saturated carbocycles. The molecule has 2 rings (SSSR count). The van der Waals surface area contributed by atoms with Gasteiger partial charge in [0.25, 0.3) is 5.91 Å². The van der Waals surface area contributed by atoms with Gasteiger partial charge in [0.1, 0.15) is 23.2 Å². The maximum atomic E-state index is 13.2. The van der Waals surface area contributed by atoms with Crippen molar-refractivity contribution in [1.29, 1.82) is 0 Å². The lowest BCUT2D eigenvalue weighted by molar-refractivity contribution is 0.0660. The Labute approximate surface area is 126 Å². The third-order valence-corrected chi connectivity index (χ3v) is 3.85. The highest BCUT2D eigenvalue weighted by molar-refractivity contribution is 9.10. The summed E-state index contributed by atoms with van der Waals surface area (Å²) in [7, 11) is 3.01. The zero-order valence-corrected chi connectivity index (χ0v) is 13.1. The molecule has 0 aliphatic carbocycles. The van der Waals surface area contributed by atoms with Crippen molar-refractivity contribution < 1.29 is 18.7 Å². The summed E-state index contributed by atoms with van der Waals surface area (Å²) < 4.78 is 24.5. The molecule has 0 spiro atoms. The quantitative estimate of drug-likeness (QED) is 0.845. The average molecular weight is 346 g/mol. The van der Waals surface area contributed by atoms with Gasteiger partial charge in [-0.1, -0.05) is 15.9 Å². The molecule has 110 valence electrons. The van der Waals surface area contributed by atoms with Crippen LogP contribution in [0.3, 0.4) is 0 Å². The van der Waals surface area contributed by atoms with Gasteiger partial charge in [-0.05, 0) is 25.0 Å². The summed E-state index contributed by atoms with van der Waals surface area (Å²) in [4.78, 5) is 14.2. The number of piperidine rings is 1. The smallest absolute Gasteiger partial charge is 0.261 e. The Hall–Kier alpha value is -1.30. The lowest BCUT2D eigenvalue weighted by Gasteiger charge is -2.29. The summed E-state index contributed by atoms with van der Waals surface area (Å²) in [6, 6.07) is 3.44. The number of carbonyl (C=O) groups is 1. The molecule has 0 N–H and O–H groups in total. The van der Waals surface area contributed by atoms with E-state index in [0.29, 0.717) is 43.0 Å². The Morgan fingerprint density at radius 2 is 1.75 bits per heavy atom. The molecule has 4 nitrogen and oxygen atoms in total. The van der Waals surface area contributed by atoms with Crippen LogP contribution in [0.2, 0.25) is 0 Å². The van der Waals surface area contributed by atoms with Gasteiger partial charge < -0.3 is 14.4 Å². The molecule has 1 aromatic carbocycles. The highest BCUT2D eigenvalue weighted by atomic mass is 79.9. The van der Waals surface area contributed by atoms with Crippen molar-refractivity contribution in [3.63, 3.8) is 0 Å². The summed E-state index contributed by atoms with van der Waals surface area (Å²) >= 11 is 3.35. The topological polar surface area (TPSA) is 38.8 Å². The van der Waals surface area contributed by atoms with Gasteiger partial charge >= 0.3 is 0 Å². The van der Waals surface area contributed by atoms with Crippen LogP contribution in [0, 0.1) is 0 Å². The fourth-order valence-corrected chi connectivity index (χ4v) is 2.72. The minimum atomic E-state index is -0.812. The Bertz CT molecular complexity index is 476. The highest BCUT2D eigenvalue weighted by Gasteiger charge is 2.28. The van der Waals surface area contributed by atoms with Gasteiger partial charge in [0.15, 0.2) is 0 Å². The van der Waals surface area contributed by atoms with E-state index in [0.717, 1.165) is 4.47 Å². The van der Waals surface area contributed by atoms with Crippen molar-refractivity contribution in [2.45, 2.75) is 19.0 Å². The van der Waals surface area contributed by atoms with Crippen molar-refractivity contribution in [2.24, 2.45) is 0 Å². The van der Waals surface area contributed by atoms with Crippen molar-refractivity contribution in [2.75, 3.05) is 27.3 Å². The van der Waals surface area contributed by atoms with E-state index < -0.39 is 6.17 Å². The summed E-state index contributed by atoms with van der Waals surface area (Å²) in [5.41, 5.74) is 0.385. The summed E-state index contributed by atoms with van der Waals surface area (Å²) in [5.74, 6) is 0.713. The number of likely N-dealkylation sites (tertiary alicyclic amines) is 1. The van der Waals surface area contributed by atoms with Gasteiger partial charge in [-0.25, -0.2) is 4.39 Å². The van der Waals surface area contributed by atoms with E-state index in [1.807, 2.05) is 0 Å². The van der Waals surface area contributed by atoms with E-state index in [1.54, 1.807) is 17.0 Å². The molecule has 0 aromatic heterocycles. The number of hydrogen-bond donors (Lipinski definition) is 0. The minimum Gasteiger partial charge on any atom is -0.496 e. The van der Waals surface area contributed by atoms with Crippen LogP contribution in [0.5, 0.6) is 11.5 Å². The van der Waals surface area contributed by atoms with E-state index in [-0.39, 0.29) is 5.91 Å². The second-order valence-corrected chi connectivity index (χ2v) is 5.57. The number of rotatable bonds is 3. The summed E-state index contributed by atoms with van der Waals surface area (Å²) in [6.07, 6.45) is -0.0486. The number of alkyl halides is 1. The van der Waals surface area contributed by atoms with Gasteiger partial charge in [-0.15, -0.1) is 0 Å². The van der Waals surface area contributed by atoms with Crippen LogP contribution in [0.25, 0.3) is 0 Å². The lowest BCUT2D eigenvalue weighted by atomic mass is 10.1. The molecule has 20 heavy (non-hydrogen) atoms. The predicted molar refractivity (Wildman–Crippen MR) is 77.3 cm³/mol. The van der Waals surface area contributed by atoms with Crippen molar-refractivity contribution in [3.8, 4) is 11.5 Å². The van der Waals surface area contributed by atoms with Crippen LogP contribution < -0.4 is 9.47 Å². The van der Waals surface area contributed by atoms with Gasteiger partial charge in [0, 0.05) is 17.6 Å². The fourth-order valence-electron chi connectivity index (χ4n) is 2.30. The number of nitrogens with zero attached hydrogens (tertiary/aromatic N) is 1. The molecule has 0 radical (unpaired) electrons. The van der Waals surface area contributed by atoms with E-state index in [9.17, 15) is 9.18 Å². The number of amides is 1. The van der Waals surface area contributed by atoms with Crippen LogP contribution in [0.1, 0.15) is 23.2 Å². The van der Waals surface area contributed by atoms with Gasteiger partial charge in [0.2, 0.25) is 0 Å². The van der Waals surface area contributed by atoms with Crippen LogP contribution >= 0.6 is 15.9 Å². The molecule has 0 bridgehead atoms. The van der Waals surface area contributed by atoms with Gasteiger partial charge in [-0.2, -0.15) is 0 Å². The molecular weight excluding hydrogens is 329 g/mol. The zero-order valence-electron chi connectivity index (χ0n) is 11.5. The maximum absolute atomic E-state index is 13.2. The largest absolute Gasteiger partial charge is 0.496 e.